The molecule has 11 heteroatoms. The van der Waals surface area contributed by atoms with Crippen molar-refractivity contribution < 1.29 is 32.2 Å². The van der Waals surface area contributed by atoms with Gasteiger partial charge >= 0.3 is 6.03 Å². The molecule has 1 saturated heterocycles. The van der Waals surface area contributed by atoms with Crippen molar-refractivity contribution in [1.82, 2.24) is 14.9 Å². The molecule has 31 heavy (non-hydrogen) atoms. The number of nitrogens with one attached hydrogen (secondary N) is 2. The highest BCUT2D eigenvalue weighted by molar-refractivity contribution is 7.89. The summed E-state index contributed by atoms with van der Waals surface area (Å²) in [6.07, 6.45) is 2.82. The molecule has 172 valence electrons. The number of rotatable bonds is 12. The maximum atomic E-state index is 14.0. The Labute approximate surface area is 181 Å². The Balaban J connectivity index is 1.47. The molecule has 3 amide bonds. The number of hydrogen-bond donors (Lipinski definition) is 3. The number of hydrogen-bond acceptors (Lipinski definition) is 6. The van der Waals surface area contributed by atoms with Crippen molar-refractivity contribution in [3.8, 4) is 5.75 Å². The van der Waals surface area contributed by atoms with Gasteiger partial charge in [-0.3, -0.25) is 10.1 Å². The van der Waals surface area contributed by atoms with Crippen LogP contribution in [-0.4, -0.2) is 62.4 Å². The number of aliphatic hydroxyl groups is 1. The zero-order valence-corrected chi connectivity index (χ0v) is 18.2. The number of urea groups is 1. The fourth-order valence-corrected chi connectivity index (χ4v) is 4.35. The number of benzene rings is 1. The molecular formula is C20H28FN3O6S. The van der Waals surface area contributed by atoms with Gasteiger partial charge in [0.25, 0.3) is 0 Å². The predicted octanol–water partition coefficient (Wildman–Crippen LogP) is 1.07. The largest absolute Gasteiger partial charge is 0.490 e. The lowest BCUT2D eigenvalue weighted by Crippen LogP contribution is -2.39. The number of carbonyl (C=O) groups is 2. The van der Waals surface area contributed by atoms with E-state index in [4.69, 9.17) is 4.74 Å². The van der Waals surface area contributed by atoms with E-state index in [1.165, 1.54) is 30.0 Å². The Morgan fingerprint density at radius 3 is 2.71 bits per heavy atom. The van der Waals surface area contributed by atoms with Gasteiger partial charge in [0.15, 0.2) is 11.6 Å². The van der Waals surface area contributed by atoms with Crippen LogP contribution >= 0.6 is 0 Å². The Bertz CT molecular complexity index is 933. The molecule has 0 spiro atoms. The van der Waals surface area contributed by atoms with Crippen molar-refractivity contribution in [3.63, 3.8) is 0 Å². The highest BCUT2D eigenvalue weighted by Gasteiger charge is 2.28. The number of imide groups is 1. The lowest BCUT2D eigenvalue weighted by atomic mass is 9.96. The molecule has 1 atom stereocenters. The van der Waals surface area contributed by atoms with Gasteiger partial charge in [-0.05, 0) is 56.2 Å². The minimum atomic E-state index is -3.68. The first-order chi connectivity index (χ1) is 14.6. The Kier molecular flexibility index (Phi) is 7.17. The number of halogens is 1. The van der Waals surface area contributed by atoms with Crippen LogP contribution in [-0.2, 0) is 20.4 Å². The maximum Gasteiger partial charge on any atom is 0.324 e. The third-order valence-electron chi connectivity index (χ3n) is 5.32. The molecule has 1 heterocycles. The van der Waals surface area contributed by atoms with E-state index in [-0.39, 0.29) is 43.5 Å². The van der Waals surface area contributed by atoms with Crippen LogP contribution in [0.25, 0.3) is 0 Å². The van der Waals surface area contributed by atoms with Crippen molar-refractivity contribution in [1.29, 1.82) is 0 Å². The van der Waals surface area contributed by atoms with Gasteiger partial charge in [-0.2, -0.15) is 0 Å². The van der Waals surface area contributed by atoms with Crippen molar-refractivity contribution in [3.05, 3.63) is 29.6 Å². The summed E-state index contributed by atoms with van der Waals surface area (Å²) >= 11 is 0. The Morgan fingerprint density at radius 2 is 2.06 bits per heavy atom. The standard InChI is InChI=1S/C20H28FN3O6S/c1-20(27,15-6-7-16(21)17(10-15)30-12-14-4-5-14)13-22-31(28,29)9-3-2-8-24-11-18(25)23-19(24)26/h6-7,10,14,22,27H,2-5,8-9,11-13H2,1H3,(H,23,25,26). The van der Waals surface area contributed by atoms with Crippen molar-refractivity contribution in [2.75, 3.05) is 32.0 Å². The fraction of sp³-hybridized carbons (Fsp3) is 0.600. The first-order valence-electron chi connectivity index (χ1n) is 10.3. The number of ether oxygens (including phenoxy) is 1. The minimum absolute atomic E-state index is 0.0171. The number of amides is 3. The molecule has 3 rings (SSSR count). The maximum absolute atomic E-state index is 14.0. The van der Waals surface area contributed by atoms with E-state index < -0.39 is 27.5 Å². The molecule has 2 aliphatic rings. The summed E-state index contributed by atoms with van der Waals surface area (Å²) in [5.41, 5.74) is -1.22. The SMILES string of the molecule is CC(O)(CNS(=O)(=O)CCCCN1CC(=O)NC1=O)c1ccc(F)c(OCC2CC2)c1. The first-order valence-corrected chi connectivity index (χ1v) is 11.9. The van der Waals surface area contributed by atoms with E-state index in [1.807, 2.05) is 0 Å². The molecular weight excluding hydrogens is 429 g/mol. The van der Waals surface area contributed by atoms with E-state index in [0.717, 1.165) is 12.8 Å². The summed E-state index contributed by atoms with van der Waals surface area (Å²) in [7, 11) is -3.68. The summed E-state index contributed by atoms with van der Waals surface area (Å²) in [4.78, 5) is 23.9. The van der Waals surface area contributed by atoms with Crippen LogP contribution in [0.15, 0.2) is 18.2 Å². The number of unbranched alkanes of at least 4 members (excludes halogenated alkanes) is 1. The van der Waals surface area contributed by atoms with Crippen LogP contribution in [0.3, 0.4) is 0 Å². The molecule has 1 unspecified atom stereocenters. The molecule has 0 bridgehead atoms. The smallest absolute Gasteiger partial charge is 0.324 e. The predicted molar refractivity (Wildman–Crippen MR) is 110 cm³/mol. The zero-order valence-electron chi connectivity index (χ0n) is 17.4. The fourth-order valence-electron chi connectivity index (χ4n) is 3.12. The minimum Gasteiger partial charge on any atom is -0.490 e. The van der Waals surface area contributed by atoms with Crippen molar-refractivity contribution in [2.24, 2.45) is 5.92 Å². The van der Waals surface area contributed by atoms with E-state index in [1.54, 1.807) is 0 Å². The van der Waals surface area contributed by atoms with Crippen molar-refractivity contribution >= 4 is 22.0 Å². The monoisotopic (exact) mass is 457 g/mol. The Morgan fingerprint density at radius 1 is 1.32 bits per heavy atom. The lowest BCUT2D eigenvalue weighted by Gasteiger charge is -2.25. The van der Waals surface area contributed by atoms with Crippen LogP contribution in [0.5, 0.6) is 5.75 Å². The van der Waals surface area contributed by atoms with Gasteiger partial charge in [0.1, 0.15) is 12.1 Å². The van der Waals surface area contributed by atoms with E-state index in [9.17, 15) is 27.5 Å². The molecule has 1 aliphatic carbocycles. The van der Waals surface area contributed by atoms with Gasteiger partial charge < -0.3 is 14.7 Å². The lowest BCUT2D eigenvalue weighted by molar-refractivity contribution is -0.118. The van der Waals surface area contributed by atoms with Gasteiger partial charge in [-0.15, -0.1) is 0 Å². The molecule has 1 aromatic rings. The van der Waals surface area contributed by atoms with Gasteiger partial charge in [0.05, 0.1) is 12.4 Å². The third kappa shape index (κ3) is 6.88. The quantitative estimate of drug-likeness (QED) is 0.319. The molecule has 1 saturated carbocycles. The summed E-state index contributed by atoms with van der Waals surface area (Å²) in [5, 5.41) is 12.9. The van der Waals surface area contributed by atoms with Crippen LogP contribution in [0, 0.1) is 11.7 Å². The van der Waals surface area contributed by atoms with E-state index >= 15 is 0 Å². The van der Waals surface area contributed by atoms with Crippen LogP contribution in [0.1, 0.15) is 38.2 Å². The second-order valence-corrected chi connectivity index (χ2v) is 10.2. The zero-order chi connectivity index (χ0) is 22.6. The van der Waals surface area contributed by atoms with Gasteiger partial charge in [0.2, 0.25) is 15.9 Å². The molecule has 3 N–H and O–H groups in total. The molecule has 1 aromatic carbocycles. The average Bonchev–Trinajstić information content (AvgIpc) is 3.47. The molecule has 0 radical (unpaired) electrons. The van der Waals surface area contributed by atoms with Crippen LogP contribution < -0.4 is 14.8 Å². The van der Waals surface area contributed by atoms with Gasteiger partial charge in [-0.1, -0.05) is 6.07 Å². The average molecular weight is 458 g/mol. The number of carbonyl (C=O) groups excluding carboxylic acids is 2. The molecule has 2 fully saturated rings. The Hall–Kier alpha value is -2.24. The highest BCUT2D eigenvalue weighted by Crippen LogP contribution is 2.31. The number of sulfonamides is 1. The summed E-state index contributed by atoms with van der Waals surface area (Å²) in [5.74, 6) is -0.615. The summed E-state index contributed by atoms with van der Waals surface area (Å²) < 4.78 is 46.4. The van der Waals surface area contributed by atoms with Gasteiger partial charge in [0, 0.05) is 13.1 Å². The second kappa shape index (κ2) is 9.49. The first kappa shape index (κ1) is 23.4. The molecule has 9 nitrogen and oxygen atoms in total. The normalized spacial score (nSPS) is 18.7. The topological polar surface area (TPSA) is 125 Å². The molecule has 0 aromatic heterocycles. The van der Waals surface area contributed by atoms with Crippen molar-refractivity contribution in [2.45, 2.75) is 38.2 Å². The highest BCUT2D eigenvalue weighted by atomic mass is 32.2. The number of nitrogens with zero attached hydrogens (tertiary/aromatic N) is 1. The van der Waals surface area contributed by atoms with E-state index in [0.29, 0.717) is 24.5 Å². The van der Waals surface area contributed by atoms with Crippen LogP contribution in [0.2, 0.25) is 0 Å². The van der Waals surface area contributed by atoms with Gasteiger partial charge in [-0.25, -0.2) is 22.3 Å². The third-order valence-corrected chi connectivity index (χ3v) is 6.73. The summed E-state index contributed by atoms with van der Waals surface area (Å²) in [6, 6.07) is 3.52. The second-order valence-electron chi connectivity index (χ2n) is 8.30. The van der Waals surface area contributed by atoms with E-state index in [2.05, 4.69) is 10.0 Å². The summed E-state index contributed by atoms with van der Waals surface area (Å²) in [6.45, 7) is 1.84. The van der Waals surface area contributed by atoms with Crippen LogP contribution in [0.4, 0.5) is 9.18 Å². The molecule has 1 aliphatic heterocycles.